The van der Waals surface area contributed by atoms with Crippen LogP contribution in [0, 0.1) is 0 Å². The highest BCUT2D eigenvalue weighted by Gasteiger charge is 2.29. The van der Waals surface area contributed by atoms with Crippen LogP contribution in [-0.2, 0) is 17.8 Å². The highest BCUT2D eigenvalue weighted by molar-refractivity contribution is 5.81. The van der Waals surface area contributed by atoms with Crippen molar-refractivity contribution in [3.05, 3.63) is 71.8 Å². The Balaban J connectivity index is 1.37. The lowest BCUT2D eigenvalue weighted by atomic mass is 10.1. The number of nitrogens with one attached hydrogen (secondary N) is 2. The monoisotopic (exact) mass is 351 g/mol. The molecule has 2 aromatic carbocycles. The van der Waals surface area contributed by atoms with Crippen LogP contribution in [0.4, 0.5) is 4.79 Å². The Kier molecular flexibility index (Phi) is 6.25. The van der Waals surface area contributed by atoms with Gasteiger partial charge in [-0.05, 0) is 24.0 Å². The SMILES string of the molecule is O=C(NCc1ccccc1)NC1CC(=O)N(CCCc2ccccc2)C1. The third kappa shape index (κ3) is 5.34. The number of hydrogen-bond donors (Lipinski definition) is 2. The molecule has 1 saturated heterocycles. The largest absolute Gasteiger partial charge is 0.341 e. The minimum absolute atomic E-state index is 0.116. The zero-order chi connectivity index (χ0) is 18.2. The van der Waals surface area contributed by atoms with Crippen molar-refractivity contribution in [2.45, 2.75) is 31.8 Å². The van der Waals surface area contributed by atoms with Crippen LogP contribution in [0.2, 0.25) is 0 Å². The second-order valence-corrected chi connectivity index (χ2v) is 6.64. The van der Waals surface area contributed by atoms with Crippen LogP contribution < -0.4 is 10.6 Å². The summed E-state index contributed by atoms with van der Waals surface area (Å²) in [5.41, 5.74) is 2.33. The van der Waals surface area contributed by atoms with E-state index in [1.165, 1.54) is 5.56 Å². The first-order valence-corrected chi connectivity index (χ1v) is 9.11. The number of hydrogen-bond acceptors (Lipinski definition) is 2. The van der Waals surface area contributed by atoms with E-state index in [0.29, 0.717) is 19.5 Å². The minimum atomic E-state index is -0.224. The van der Waals surface area contributed by atoms with Gasteiger partial charge in [-0.3, -0.25) is 4.79 Å². The van der Waals surface area contributed by atoms with Crippen LogP contribution in [0.5, 0.6) is 0 Å². The van der Waals surface area contributed by atoms with Crippen molar-refractivity contribution in [2.24, 2.45) is 0 Å². The molecule has 5 nitrogen and oxygen atoms in total. The third-order valence-corrected chi connectivity index (χ3v) is 4.58. The maximum Gasteiger partial charge on any atom is 0.315 e. The summed E-state index contributed by atoms with van der Waals surface area (Å²) in [5, 5.41) is 5.75. The molecule has 2 aromatic rings. The van der Waals surface area contributed by atoms with Gasteiger partial charge in [0.2, 0.25) is 5.91 Å². The van der Waals surface area contributed by atoms with Gasteiger partial charge in [0.15, 0.2) is 0 Å². The van der Waals surface area contributed by atoms with Gasteiger partial charge in [-0.1, -0.05) is 60.7 Å². The Morgan fingerprint density at radius 1 is 1.00 bits per heavy atom. The van der Waals surface area contributed by atoms with Crippen LogP contribution in [0.1, 0.15) is 24.0 Å². The molecule has 3 rings (SSSR count). The van der Waals surface area contributed by atoms with Crippen molar-refractivity contribution in [3.63, 3.8) is 0 Å². The van der Waals surface area contributed by atoms with Gasteiger partial charge in [0.1, 0.15) is 0 Å². The Morgan fingerprint density at radius 3 is 2.35 bits per heavy atom. The molecule has 0 bridgehead atoms. The van der Waals surface area contributed by atoms with Gasteiger partial charge in [0, 0.05) is 26.1 Å². The molecule has 136 valence electrons. The molecule has 1 unspecified atom stereocenters. The van der Waals surface area contributed by atoms with Crippen molar-refractivity contribution < 1.29 is 9.59 Å². The number of benzene rings is 2. The molecule has 2 N–H and O–H groups in total. The number of urea groups is 1. The van der Waals surface area contributed by atoms with Gasteiger partial charge in [-0.25, -0.2) is 4.79 Å². The van der Waals surface area contributed by atoms with E-state index >= 15 is 0 Å². The number of likely N-dealkylation sites (tertiary alicyclic amines) is 1. The molecule has 0 radical (unpaired) electrons. The Bertz CT molecular complexity index is 719. The highest BCUT2D eigenvalue weighted by Crippen LogP contribution is 2.13. The van der Waals surface area contributed by atoms with Crippen LogP contribution in [0.15, 0.2) is 60.7 Å². The zero-order valence-corrected chi connectivity index (χ0v) is 14.9. The Hall–Kier alpha value is -2.82. The van der Waals surface area contributed by atoms with Gasteiger partial charge in [-0.2, -0.15) is 0 Å². The average molecular weight is 351 g/mol. The molecule has 0 aromatic heterocycles. The topological polar surface area (TPSA) is 61.4 Å². The van der Waals surface area contributed by atoms with Gasteiger partial charge < -0.3 is 15.5 Å². The zero-order valence-electron chi connectivity index (χ0n) is 14.9. The van der Waals surface area contributed by atoms with Crippen molar-refractivity contribution in [3.8, 4) is 0 Å². The number of rotatable bonds is 7. The normalized spacial score (nSPS) is 16.5. The van der Waals surface area contributed by atoms with E-state index in [2.05, 4.69) is 22.8 Å². The summed E-state index contributed by atoms with van der Waals surface area (Å²) < 4.78 is 0. The molecule has 1 atom stereocenters. The molecule has 1 aliphatic rings. The maximum atomic E-state index is 12.1. The fraction of sp³-hybridized carbons (Fsp3) is 0.333. The fourth-order valence-electron chi connectivity index (χ4n) is 3.22. The van der Waals surface area contributed by atoms with E-state index in [1.807, 2.05) is 53.4 Å². The lowest BCUT2D eigenvalue weighted by Crippen LogP contribution is -2.43. The first kappa shape index (κ1) is 18.0. The number of amides is 3. The van der Waals surface area contributed by atoms with Crippen molar-refractivity contribution in [1.29, 1.82) is 0 Å². The second-order valence-electron chi connectivity index (χ2n) is 6.64. The molecule has 5 heteroatoms. The van der Waals surface area contributed by atoms with Crippen LogP contribution in [0.3, 0.4) is 0 Å². The molecular weight excluding hydrogens is 326 g/mol. The predicted molar refractivity (Wildman–Crippen MR) is 102 cm³/mol. The van der Waals surface area contributed by atoms with Crippen molar-refractivity contribution in [1.82, 2.24) is 15.5 Å². The summed E-state index contributed by atoms with van der Waals surface area (Å²) >= 11 is 0. The van der Waals surface area contributed by atoms with E-state index < -0.39 is 0 Å². The summed E-state index contributed by atoms with van der Waals surface area (Å²) in [4.78, 5) is 26.0. The molecule has 1 aliphatic heterocycles. The molecule has 3 amide bonds. The van der Waals surface area contributed by atoms with Crippen molar-refractivity contribution in [2.75, 3.05) is 13.1 Å². The van der Waals surface area contributed by atoms with E-state index in [0.717, 1.165) is 24.9 Å². The molecule has 26 heavy (non-hydrogen) atoms. The molecular formula is C21H25N3O2. The molecule has 1 fully saturated rings. The van der Waals surface area contributed by atoms with E-state index in [-0.39, 0.29) is 18.0 Å². The minimum Gasteiger partial charge on any atom is -0.341 e. The summed E-state index contributed by atoms with van der Waals surface area (Å²) in [6.45, 7) is 1.80. The van der Waals surface area contributed by atoms with Crippen molar-refractivity contribution >= 4 is 11.9 Å². The summed E-state index contributed by atoms with van der Waals surface area (Å²) in [7, 11) is 0. The average Bonchev–Trinajstić information content (AvgIpc) is 3.01. The maximum absolute atomic E-state index is 12.1. The van der Waals surface area contributed by atoms with Crippen LogP contribution in [0.25, 0.3) is 0 Å². The van der Waals surface area contributed by atoms with Gasteiger partial charge >= 0.3 is 6.03 Å². The summed E-state index contributed by atoms with van der Waals surface area (Å²) in [5.74, 6) is 0.117. The third-order valence-electron chi connectivity index (χ3n) is 4.58. The van der Waals surface area contributed by atoms with Gasteiger partial charge in [0.05, 0.1) is 6.04 Å². The molecule has 0 aliphatic carbocycles. The van der Waals surface area contributed by atoms with E-state index in [1.54, 1.807) is 0 Å². The summed E-state index contributed by atoms with van der Waals surface area (Å²) in [6.07, 6.45) is 2.27. The first-order chi connectivity index (χ1) is 12.7. The standard InChI is InChI=1S/C21H25N3O2/c25-20-14-19(23-21(26)22-15-18-10-5-2-6-11-18)16-24(20)13-7-12-17-8-3-1-4-9-17/h1-6,8-11,19H,7,12-16H2,(H2,22,23,26). The van der Waals surface area contributed by atoms with Crippen LogP contribution >= 0.6 is 0 Å². The second kappa shape index (κ2) is 9.04. The Labute approximate surface area is 154 Å². The van der Waals surface area contributed by atoms with Gasteiger partial charge in [-0.15, -0.1) is 0 Å². The van der Waals surface area contributed by atoms with E-state index in [4.69, 9.17) is 0 Å². The summed E-state index contributed by atoms with van der Waals surface area (Å²) in [6, 6.07) is 19.7. The number of nitrogens with zero attached hydrogens (tertiary/aromatic N) is 1. The number of aryl methyl sites for hydroxylation is 1. The lowest BCUT2D eigenvalue weighted by molar-refractivity contribution is -0.127. The molecule has 1 heterocycles. The number of carbonyl (C=O) groups is 2. The highest BCUT2D eigenvalue weighted by atomic mass is 16.2. The van der Waals surface area contributed by atoms with E-state index in [9.17, 15) is 9.59 Å². The fourth-order valence-corrected chi connectivity index (χ4v) is 3.22. The molecule has 0 saturated carbocycles. The lowest BCUT2D eigenvalue weighted by Gasteiger charge is -2.17. The predicted octanol–water partition coefficient (Wildman–Crippen LogP) is 2.72. The number of carbonyl (C=O) groups excluding carboxylic acids is 2. The first-order valence-electron chi connectivity index (χ1n) is 9.11. The van der Waals surface area contributed by atoms with Crippen LogP contribution in [-0.4, -0.2) is 36.0 Å². The molecule has 0 spiro atoms. The van der Waals surface area contributed by atoms with Gasteiger partial charge in [0.25, 0.3) is 0 Å². The quantitative estimate of drug-likeness (QED) is 0.806. The Morgan fingerprint density at radius 2 is 1.65 bits per heavy atom. The smallest absolute Gasteiger partial charge is 0.315 e.